The molecule has 2 N–H and O–H groups in total. The summed E-state index contributed by atoms with van der Waals surface area (Å²) < 4.78 is 10.7. The van der Waals surface area contributed by atoms with Crippen LogP contribution in [-0.4, -0.2) is 49.4 Å². The number of aromatic amines is 1. The number of ether oxygens (including phenoxy) is 2. The monoisotopic (exact) mass is 394 g/mol. The van der Waals surface area contributed by atoms with E-state index in [9.17, 15) is 4.79 Å². The van der Waals surface area contributed by atoms with Gasteiger partial charge in [0, 0.05) is 48.6 Å². The summed E-state index contributed by atoms with van der Waals surface area (Å²) in [5, 5.41) is 3.96. The van der Waals surface area contributed by atoms with Crippen LogP contribution in [0.5, 0.6) is 11.5 Å². The molecule has 152 valence electrons. The quantitative estimate of drug-likeness (QED) is 0.708. The minimum Gasteiger partial charge on any atom is -0.497 e. The first kappa shape index (κ1) is 19.3. The van der Waals surface area contributed by atoms with Crippen LogP contribution >= 0.6 is 0 Å². The van der Waals surface area contributed by atoms with Gasteiger partial charge in [-0.2, -0.15) is 0 Å². The van der Waals surface area contributed by atoms with Crippen molar-refractivity contribution in [2.24, 2.45) is 0 Å². The highest BCUT2D eigenvalue weighted by Crippen LogP contribution is 2.29. The molecule has 0 saturated carbocycles. The third kappa shape index (κ3) is 3.78. The molecule has 1 saturated heterocycles. The maximum Gasteiger partial charge on any atom is 0.262 e. The zero-order valence-corrected chi connectivity index (χ0v) is 17.2. The van der Waals surface area contributed by atoms with E-state index in [1.165, 1.54) is 12.8 Å². The molecular weight excluding hydrogens is 368 g/mol. The number of H-pyrrole nitrogens is 1. The number of hydrogen-bond donors (Lipinski definition) is 2. The number of nitrogens with one attached hydrogen (secondary N) is 2. The number of methoxy groups -OCH3 is 2. The first-order valence-corrected chi connectivity index (χ1v) is 9.76. The minimum atomic E-state index is -0.238. The number of piperazine rings is 1. The molecule has 7 heteroatoms. The molecule has 0 amide bonds. The van der Waals surface area contributed by atoms with E-state index in [1.54, 1.807) is 19.2 Å². The van der Waals surface area contributed by atoms with Crippen molar-refractivity contribution in [2.45, 2.75) is 25.9 Å². The van der Waals surface area contributed by atoms with Crippen LogP contribution in [0.4, 0.5) is 5.69 Å². The highest BCUT2D eigenvalue weighted by Gasteiger charge is 2.21. The van der Waals surface area contributed by atoms with Gasteiger partial charge in [0.1, 0.15) is 22.7 Å². The molecule has 1 fully saturated rings. The third-order valence-corrected chi connectivity index (χ3v) is 5.27. The zero-order valence-electron chi connectivity index (χ0n) is 17.2. The second-order valence-electron chi connectivity index (χ2n) is 7.56. The van der Waals surface area contributed by atoms with E-state index in [2.05, 4.69) is 46.2 Å². The number of rotatable bonds is 4. The van der Waals surface area contributed by atoms with Crippen molar-refractivity contribution in [1.29, 1.82) is 0 Å². The topological polar surface area (TPSA) is 79.5 Å². The van der Waals surface area contributed by atoms with Crippen LogP contribution in [-0.2, 0) is 0 Å². The lowest BCUT2D eigenvalue weighted by molar-refractivity contribution is 0.397. The number of aromatic nitrogens is 2. The Morgan fingerprint density at radius 2 is 1.72 bits per heavy atom. The second-order valence-corrected chi connectivity index (χ2v) is 7.56. The van der Waals surface area contributed by atoms with Gasteiger partial charge in [-0.25, -0.2) is 4.98 Å². The first-order chi connectivity index (χ1) is 14.0. The number of benzene rings is 2. The third-order valence-electron chi connectivity index (χ3n) is 5.27. The van der Waals surface area contributed by atoms with Crippen molar-refractivity contribution in [1.82, 2.24) is 15.3 Å². The van der Waals surface area contributed by atoms with E-state index in [4.69, 9.17) is 9.47 Å². The maximum atomic E-state index is 12.7. The minimum absolute atomic E-state index is 0.238. The molecule has 3 aromatic rings. The normalized spacial score (nSPS) is 19.4. The highest BCUT2D eigenvalue weighted by atomic mass is 16.5. The van der Waals surface area contributed by atoms with Gasteiger partial charge in [0.25, 0.3) is 5.56 Å². The van der Waals surface area contributed by atoms with Gasteiger partial charge < -0.3 is 24.7 Å². The smallest absolute Gasteiger partial charge is 0.262 e. The summed E-state index contributed by atoms with van der Waals surface area (Å²) in [7, 11) is 3.10. The summed E-state index contributed by atoms with van der Waals surface area (Å²) in [5.41, 5.74) is 2.32. The van der Waals surface area contributed by atoms with Gasteiger partial charge in [-0.05, 0) is 38.1 Å². The van der Waals surface area contributed by atoms with E-state index < -0.39 is 0 Å². The van der Waals surface area contributed by atoms with Crippen LogP contribution in [0, 0.1) is 0 Å². The van der Waals surface area contributed by atoms with Crippen molar-refractivity contribution in [3.05, 3.63) is 46.8 Å². The van der Waals surface area contributed by atoms with E-state index in [0.29, 0.717) is 40.3 Å². The Labute approximate surface area is 169 Å². The van der Waals surface area contributed by atoms with Gasteiger partial charge in [0.2, 0.25) is 0 Å². The first-order valence-electron chi connectivity index (χ1n) is 9.76. The molecule has 1 aliphatic rings. The number of anilines is 1. The lowest BCUT2D eigenvalue weighted by Crippen LogP contribution is -2.54. The number of hydrogen-bond acceptors (Lipinski definition) is 6. The van der Waals surface area contributed by atoms with Gasteiger partial charge in [-0.1, -0.05) is 0 Å². The maximum absolute atomic E-state index is 12.7. The van der Waals surface area contributed by atoms with Gasteiger partial charge in [0.05, 0.1) is 19.7 Å². The molecule has 7 nitrogen and oxygen atoms in total. The van der Waals surface area contributed by atoms with Crippen molar-refractivity contribution >= 4 is 16.6 Å². The zero-order chi connectivity index (χ0) is 20.5. The fourth-order valence-electron chi connectivity index (χ4n) is 3.99. The van der Waals surface area contributed by atoms with Crippen LogP contribution < -0.4 is 25.2 Å². The van der Waals surface area contributed by atoms with Gasteiger partial charge in [0.15, 0.2) is 0 Å². The van der Waals surface area contributed by atoms with Crippen molar-refractivity contribution in [3.8, 4) is 22.9 Å². The average molecular weight is 394 g/mol. The lowest BCUT2D eigenvalue weighted by atomic mass is 10.1. The van der Waals surface area contributed by atoms with Crippen molar-refractivity contribution in [2.75, 3.05) is 32.2 Å². The van der Waals surface area contributed by atoms with Crippen LogP contribution in [0.3, 0.4) is 0 Å². The summed E-state index contributed by atoms with van der Waals surface area (Å²) in [4.78, 5) is 22.6. The van der Waals surface area contributed by atoms with Gasteiger partial charge in [-0.3, -0.25) is 4.79 Å². The molecule has 0 radical (unpaired) electrons. The molecule has 29 heavy (non-hydrogen) atoms. The predicted molar refractivity (Wildman–Crippen MR) is 115 cm³/mol. The lowest BCUT2D eigenvalue weighted by Gasteiger charge is -2.37. The van der Waals surface area contributed by atoms with Crippen LogP contribution in [0.15, 0.2) is 41.2 Å². The molecule has 4 rings (SSSR count). The van der Waals surface area contributed by atoms with E-state index >= 15 is 0 Å². The van der Waals surface area contributed by atoms with Gasteiger partial charge >= 0.3 is 0 Å². The SMILES string of the molecule is COc1cc(OC)c2c(=O)[nH]c(-c3ccc(N4C[C@@H](C)N[C@@H](C)C4)cc3)nc2c1. The number of fused-ring (bicyclic) bond motifs is 1. The summed E-state index contributed by atoms with van der Waals surface area (Å²) in [5.74, 6) is 1.55. The highest BCUT2D eigenvalue weighted by molar-refractivity contribution is 5.87. The summed E-state index contributed by atoms with van der Waals surface area (Å²) in [6.45, 7) is 6.33. The standard InChI is InChI=1S/C22H26N4O3/c1-13-11-26(12-14(2)23-13)16-7-5-15(6-8-16)21-24-18-9-17(28-3)10-19(29-4)20(18)22(27)25-21/h5-10,13-14,23H,11-12H2,1-4H3,(H,24,25,27)/t13-,14+. The Hall–Kier alpha value is -3.06. The molecule has 0 bridgehead atoms. The molecule has 2 heterocycles. The van der Waals surface area contributed by atoms with Crippen LogP contribution in [0.25, 0.3) is 22.3 Å². The molecule has 0 unspecified atom stereocenters. The average Bonchev–Trinajstić information content (AvgIpc) is 2.72. The predicted octanol–water partition coefficient (Wildman–Crippen LogP) is 2.79. The van der Waals surface area contributed by atoms with E-state index in [1.807, 2.05) is 12.1 Å². The van der Waals surface area contributed by atoms with Gasteiger partial charge in [-0.15, -0.1) is 0 Å². The van der Waals surface area contributed by atoms with Crippen molar-refractivity contribution in [3.63, 3.8) is 0 Å². The fraction of sp³-hybridized carbons (Fsp3) is 0.364. The fourth-order valence-corrected chi connectivity index (χ4v) is 3.99. The largest absolute Gasteiger partial charge is 0.497 e. The molecule has 0 aliphatic carbocycles. The Balaban J connectivity index is 1.70. The summed E-state index contributed by atoms with van der Waals surface area (Å²) in [6, 6.07) is 12.5. The van der Waals surface area contributed by atoms with Crippen molar-refractivity contribution < 1.29 is 9.47 Å². The van der Waals surface area contributed by atoms with E-state index in [0.717, 1.165) is 18.7 Å². The van der Waals surface area contributed by atoms with E-state index in [-0.39, 0.29) is 5.56 Å². The Bertz CT molecular complexity index is 1070. The van der Waals surface area contributed by atoms with Crippen LogP contribution in [0.2, 0.25) is 0 Å². The molecular formula is C22H26N4O3. The second kappa shape index (κ2) is 7.75. The summed E-state index contributed by atoms with van der Waals surface area (Å²) >= 11 is 0. The Morgan fingerprint density at radius 3 is 2.34 bits per heavy atom. The Kier molecular flexibility index (Phi) is 5.15. The van der Waals surface area contributed by atoms with Crippen LogP contribution in [0.1, 0.15) is 13.8 Å². The summed E-state index contributed by atoms with van der Waals surface area (Å²) in [6.07, 6.45) is 0. The molecule has 1 aromatic heterocycles. The number of nitrogens with zero attached hydrogens (tertiary/aromatic N) is 2. The molecule has 1 aliphatic heterocycles. The molecule has 2 aromatic carbocycles. The molecule has 2 atom stereocenters. The molecule has 0 spiro atoms. The Morgan fingerprint density at radius 1 is 1.03 bits per heavy atom.